The molecule has 208 valence electrons. The normalized spacial score (nSPS) is 17.4. The molecule has 8 nitrogen and oxygen atoms in total. The first-order valence-electron chi connectivity index (χ1n) is 11.7. The molecular formula is C26H26F4N4O4S. The van der Waals surface area contributed by atoms with E-state index in [9.17, 15) is 27.9 Å². The van der Waals surface area contributed by atoms with Gasteiger partial charge in [-0.1, -0.05) is 0 Å². The Labute approximate surface area is 228 Å². The van der Waals surface area contributed by atoms with E-state index in [-0.39, 0.29) is 41.2 Å². The zero-order chi connectivity index (χ0) is 29.3. The van der Waals surface area contributed by atoms with Crippen molar-refractivity contribution in [3.8, 4) is 11.8 Å². The molecule has 1 aliphatic heterocycles. The number of likely N-dealkylation sites (tertiary alicyclic amines) is 1. The van der Waals surface area contributed by atoms with E-state index in [1.54, 1.807) is 0 Å². The van der Waals surface area contributed by atoms with E-state index in [0.29, 0.717) is 6.29 Å². The molecule has 1 heterocycles. The Morgan fingerprint density at radius 3 is 2.36 bits per heavy atom. The molecule has 0 aromatic heterocycles. The van der Waals surface area contributed by atoms with E-state index in [1.807, 2.05) is 0 Å². The molecule has 0 saturated carbocycles. The van der Waals surface area contributed by atoms with Crippen molar-refractivity contribution in [3.63, 3.8) is 0 Å². The number of carbonyl (C=O) groups excluding carboxylic acids is 2. The van der Waals surface area contributed by atoms with Gasteiger partial charge < -0.3 is 29.3 Å². The second-order valence-electron chi connectivity index (χ2n) is 9.55. The maximum absolute atomic E-state index is 15.2. The van der Waals surface area contributed by atoms with Crippen LogP contribution in [0.1, 0.15) is 31.9 Å². The lowest BCUT2D eigenvalue weighted by Gasteiger charge is -2.39. The summed E-state index contributed by atoms with van der Waals surface area (Å²) < 4.78 is 61.3. The van der Waals surface area contributed by atoms with Crippen molar-refractivity contribution >= 4 is 40.9 Å². The lowest BCUT2D eigenvalue weighted by molar-refractivity contribution is -0.137. The van der Waals surface area contributed by atoms with Crippen LogP contribution in [0.2, 0.25) is 0 Å². The number of amides is 1. The number of β-amino-alcohol motifs (C(OH)–C–C–N with tert-alkyl or cyclic N) is 1. The maximum Gasteiger partial charge on any atom is 0.417 e. The topological polar surface area (TPSA) is 97.1 Å². The molecule has 1 N–H and O–H groups in total. The third-order valence-corrected chi connectivity index (χ3v) is 6.75. The van der Waals surface area contributed by atoms with Crippen molar-refractivity contribution in [2.45, 2.75) is 44.7 Å². The van der Waals surface area contributed by atoms with Crippen LogP contribution >= 0.6 is 12.2 Å². The Bertz CT molecular complexity index is 1330. The first-order valence-corrected chi connectivity index (χ1v) is 12.1. The van der Waals surface area contributed by atoms with Gasteiger partial charge in [-0.3, -0.25) is 4.79 Å². The van der Waals surface area contributed by atoms with Crippen LogP contribution in [-0.4, -0.2) is 65.2 Å². The first-order chi connectivity index (χ1) is 18.1. The fourth-order valence-corrected chi connectivity index (χ4v) is 4.54. The molecule has 1 amide bonds. The van der Waals surface area contributed by atoms with Gasteiger partial charge in [-0.2, -0.15) is 18.4 Å². The standard InChI is InChI=1S/C26H26F4N4O4S/c1-15(36)33-12-21(37)23(13-33)38-22-8-7-18(10-20(22)27)34(25(2,3)14-35)24(39)32(4)17-6-5-16(11-31)19(9-17)26(28,29)30/h5-10,14,21,23,37H,12-13H2,1-4H3. The first kappa shape index (κ1) is 29.8. The number of carbonyl (C=O) groups is 2. The molecule has 0 aliphatic carbocycles. The van der Waals surface area contributed by atoms with Crippen LogP contribution in [0.3, 0.4) is 0 Å². The molecule has 2 aromatic rings. The molecule has 3 rings (SSSR count). The third kappa shape index (κ3) is 6.29. The van der Waals surface area contributed by atoms with Gasteiger partial charge in [-0.15, -0.1) is 0 Å². The lowest BCUT2D eigenvalue weighted by Crippen LogP contribution is -2.54. The number of hydrogen-bond acceptors (Lipinski definition) is 6. The summed E-state index contributed by atoms with van der Waals surface area (Å²) in [4.78, 5) is 27.4. The monoisotopic (exact) mass is 566 g/mol. The van der Waals surface area contributed by atoms with E-state index in [1.165, 1.54) is 66.8 Å². The third-order valence-electron chi connectivity index (χ3n) is 6.29. The average molecular weight is 567 g/mol. The highest BCUT2D eigenvalue weighted by atomic mass is 32.1. The minimum absolute atomic E-state index is 0.0105. The molecule has 2 atom stereocenters. The Morgan fingerprint density at radius 2 is 1.85 bits per heavy atom. The van der Waals surface area contributed by atoms with Gasteiger partial charge in [0.25, 0.3) is 0 Å². The van der Waals surface area contributed by atoms with Crippen LogP contribution in [0.25, 0.3) is 0 Å². The Balaban J connectivity index is 1.95. The predicted molar refractivity (Wildman–Crippen MR) is 139 cm³/mol. The van der Waals surface area contributed by atoms with Gasteiger partial charge in [0.05, 0.1) is 35.8 Å². The fraction of sp³-hybridized carbons (Fsp3) is 0.385. The highest BCUT2D eigenvalue weighted by Crippen LogP contribution is 2.36. The number of anilines is 2. The second kappa shape index (κ2) is 11.2. The van der Waals surface area contributed by atoms with Crippen molar-refractivity contribution in [2.24, 2.45) is 0 Å². The zero-order valence-corrected chi connectivity index (χ0v) is 22.3. The van der Waals surface area contributed by atoms with E-state index in [2.05, 4.69) is 0 Å². The smallest absolute Gasteiger partial charge is 0.417 e. The van der Waals surface area contributed by atoms with Crippen LogP contribution in [0.4, 0.5) is 28.9 Å². The largest absolute Gasteiger partial charge is 0.483 e. The van der Waals surface area contributed by atoms with Gasteiger partial charge in [0.1, 0.15) is 18.5 Å². The van der Waals surface area contributed by atoms with Crippen LogP contribution in [-0.2, 0) is 15.8 Å². The van der Waals surface area contributed by atoms with Gasteiger partial charge in [-0.25, -0.2) is 4.39 Å². The Kier molecular flexibility index (Phi) is 8.52. The second-order valence-corrected chi connectivity index (χ2v) is 9.92. The van der Waals surface area contributed by atoms with E-state index < -0.39 is 40.9 Å². The molecule has 2 unspecified atom stereocenters. The van der Waals surface area contributed by atoms with Crippen LogP contribution in [0.5, 0.6) is 5.75 Å². The molecule has 1 aliphatic rings. The van der Waals surface area contributed by atoms with Crippen molar-refractivity contribution in [1.29, 1.82) is 5.26 Å². The maximum atomic E-state index is 15.2. The van der Waals surface area contributed by atoms with E-state index in [4.69, 9.17) is 22.2 Å². The zero-order valence-electron chi connectivity index (χ0n) is 21.5. The minimum atomic E-state index is -4.79. The molecule has 0 radical (unpaired) electrons. The van der Waals surface area contributed by atoms with Crippen molar-refractivity contribution in [1.82, 2.24) is 4.90 Å². The van der Waals surface area contributed by atoms with Crippen LogP contribution in [0.15, 0.2) is 36.4 Å². The average Bonchev–Trinajstić information content (AvgIpc) is 3.24. The number of thiocarbonyl (C=S) groups is 1. The van der Waals surface area contributed by atoms with Gasteiger partial charge in [0.15, 0.2) is 16.7 Å². The molecule has 0 spiro atoms. The molecule has 13 heteroatoms. The van der Waals surface area contributed by atoms with Crippen molar-refractivity contribution in [3.05, 3.63) is 53.3 Å². The van der Waals surface area contributed by atoms with Crippen LogP contribution in [0, 0.1) is 17.1 Å². The molecular weight excluding hydrogens is 540 g/mol. The predicted octanol–water partition coefficient (Wildman–Crippen LogP) is 3.89. The molecule has 2 aromatic carbocycles. The molecule has 0 bridgehead atoms. The highest BCUT2D eigenvalue weighted by molar-refractivity contribution is 7.80. The number of hydrogen-bond donors (Lipinski definition) is 1. The number of ether oxygens (including phenoxy) is 1. The number of nitrogens with zero attached hydrogens (tertiary/aromatic N) is 4. The van der Waals surface area contributed by atoms with Gasteiger partial charge in [-0.05, 0) is 56.4 Å². The number of aliphatic hydroxyl groups excluding tert-OH is 1. The Hall–Kier alpha value is -3.76. The number of rotatable bonds is 6. The summed E-state index contributed by atoms with van der Waals surface area (Å²) in [5.74, 6) is -1.32. The summed E-state index contributed by atoms with van der Waals surface area (Å²) in [6.45, 7) is 4.45. The van der Waals surface area contributed by atoms with Gasteiger partial charge in [0.2, 0.25) is 5.91 Å². The SMILES string of the molecule is CC(=O)N1CC(O)C(Oc2ccc(N(C(=S)N(C)c3ccc(C#N)c(C(F)(F)F)c3)C(C)(C)C=O)cc2F)C1. The number of alkyl halides is 3. The summed E-state index contributed by atoms with van der Waals surface area (Å²) in [6.07, 6.45) is -6.11. The summed E-state index contributed by atoms with van der Waals surface area (Å²) in [5, 5.41) is 19.1. The quantitative estimate of drug-likeness (QED) is 0.320. The number of aldehydes is 1. The summed E-state index contributed by atoms with van der Waals surface area (Å²) in [7, 11) is 1.38. The summed E-state index contributed by atoms with van der Waals surface area (Å²) >= 11 is 5.54. The van der Waals surface area contributed by atoms with E-state index in [0.717, 1.165) is 18.2 Å². The Morgan fingerprint density at radius 1 is 1.21 bits per heavy atom. The molecule has 39 heavy (non-hydrogen) atoms. The fourth-order valence-electron chi connectivity index (χ4n) is 4.09. The van der Waals surface area contributed by atoms with Crippen molar-refractivity contribution in [2.75, 3.05) is 29.9 Å². The van der Waals surface area contributed by atoms with Crippen molar-refractivity contribution < 1.29 is 37.0 Å². The molecule has 1 fully saturated rings. The number of benzene rings is 2. The molecule has 1 saturated heterocycles. The summed E-state index contributed by atoms with van der Waals surface area (Å²) in [5.41, 5.74) is -2.97. The number of halogens is 4. The van der Waals surface area contributed by atoms with Gasteiger partial charge in [0, 0.05) is 31.4 Å². The minimum Gasteiger partial charge on any atom is -0.483 e. The van der Waals surface area contributed by atoms with Gasteiger partial charge >= 0.3 is 6.18 Å². The van der Waals surface area contributed by atoms with Crippen LogP contribution < -0.4 is 14.5 Å². The lowest BCUT2D eigenvalue weighted by atomic mass is 10.0. The van der Waals surface area contributed by atoms with E-state index >= 15 is 4.39 Å². The summed E-state index contributed by atoms with van der Waals surface area (Å²) in [6, 6.07) is 8.30. The highest BCUT2D eigenvalue weighted by Gasteiger charge is 2.37. The number of nitriles is 1. The number of aliphatic hydroxyl groups is 1.